The molecule has 3 N–H and O–H groups in total. The number of nitrogens with one attached hydrogen (secondary N) is 1. The molecule has 1 saturated heterocycles. The van der Waals surface area contributed by atoms with Gasteiger partial charge in [0.15, 0.2) is 0 Å². The summed E-state index contributed by atoms with van der Waals surface area (Å²) < 4.78 is 0. The van der Waals surface area contributed by atoms with Gasteiger partial charge in [0, 0.05) is 42.3 Å². The van der Waals surface area contributed by atoms with Gasteiger partial charge in [-0.15, -0.1) is 0 Å². The minimum absolute atomic E-state index is 0.129. The van der Waals surface area contributed by atoms with E-state index in [2.05, 4.69) is 48.0 Å². The van der Waals surface area contributed by atoms with Crippen LogP contribution in [0.1, 0.15) is 12.5 Å². The van der Waals surface area contributed by atoms with E-state index in [1.807, 2.05) is 12.1 Å². The molecular weight excluding hydrogens is 260 g/mol. The minimum Gasteiger partial charge on any atom is -0.384 e. The first kappa shape index (κ1) is 13.9. The van der Waals surface area contributed by atoms with Crippen molar-refractivity contribution in [3.05, 3.63) is 42.0 Å². The zero-order valence-electron chi connectivity index (χ0n) is 12.6. The van der Waals surface area contributed by atoms with Crippen molar-refractivity contribution >= 4 is 22.3 Å². The molecule has 0 bridgehead atoms. The third kappa shape index (κ3) is 2.47. The molecule has 1 unspecified atom stereocenters. The third-order valence-electron chi connectivity index (χ3n) is 4.49. The van der Waals surface area contributed by atoms with Crippen molar-refractivity contribution in [3.63, 3.8) is 0 Å². The predicted octanol–water partition coefficient (Wildman–Crippen LogP) is 2.26. The second-order valence-corrected chi connectivity index (χ2v) is 5.87. The van der Waals surface area contributed by atoms with Crippen LogP contribution in [0.2, 0.25) is 0 Å². The molecular formula is C17H22N4. The van der Waals surface area contributed by atoms with Crippen LogP contribution in [0.3, 0.4) is 0 Å². The highest BCUT2D eigenvalue weighted by molar-refractivity contribution is 6.10. The van der Waals surface area contributed by atoms with E-state index >= 15 is 0 Å². The standard InChI is InChI=1S/C17H22N4/c1-12-11-21(10-9-20(12)2)16-8-7-15(17(18)19)13-5-3-4-6-14(13)16/h3-8,12H,9-11H2,1-2H3,(H3,18,19). The molecule has 0 saturated carbocycles. The summed E-state index contributed by atoms with van der Waals surface area (Å²) in [6, 6.07) is 12.9. The molecule has 1 aliphatic rings. The largest absolute Gasteiger partial charge is 0.384 e. The van der Waals surface area contributed by atoms with Gasteiger partial charge in [-0.2, -0.15) is 0 Å². The first-order chi connectivity index (χ1) is 10.1. The number of anilines is 1. The summed E-state index contributed by atoms with van der Waals surface area (Å²) >= 11 is 0. The van der Waals surface area contributed by atoms with E-state index in [0.717, 1.165) is 30.6 Å². The van der Waals surface area contributed by atoms with Gasteiger partial charge in [-0.3, -0.25) is 5.41 Å². The molecule has 21 heavy (non-hydrogen) atoms. The van der Waals surface area contributed by atoms with Crippen LogP contribution in [0.25, 0.3) is 10.8 Å². The fourth-order valence-electron chi connectivity index (χ4n) is 3.06. The normalized spacial score (nSPS) is 19.9. The Labute approximate surface area is 125 Å². The summed E-state index contributed by atoms with van der Waals surface area (Å²) in [4.78, 5) is 4.83. The van der Waals surface area contributed by atoms with Crippen molar-refractivity contribution in [2.75, 3.05) is 31.6 Å². The number of nitrogens with two attached hydrogens (primary N) is 1. The lowest BCUT2D eigenvalue weighted by Crippen LogP contribution is -2.50. The lowest BCUT2D eigenvalue weighted by molar-refractivity contribution is 0.234. The predicted molar refractivity (Wildman–Crippen MR) is 89.3 cm³/mol. The summed E-state index contributed by atoms with van der Waals surface area (Å²) in [5.74, 6) is 0.129. The number of hydrogen-bond acceptors (Lipinski definition) is 3. The highest BCUT2D eigenvalue weighted by Gasteiger charge is 2.22. The molecule has 1 heterocycles. The van der Waals surface area contributed by atoms with Crippen LogP contribution in [0.15, 0.2) is 36.4 Å². The van der Waals surface area contributed by atoms with Crippen molar-refractivity contribution in [2.24, 2.45) is 5.73 Å². The molecule has 0 radical (unpaired) electrons. The minimum atomic E-state index is 0.129. The summed E-state index contributed by atoms with van der Waals surface area (Å²) in [6.45, 7) is 5.40. The number of benzene rings is 2. The van der Waals surface area contributed by atoms with E-state index in [4.69, 9.17) is 11.1 Å². The van der Waals surface area contributed by atoms with E-state index in [-0.39, 0.29) is 5.84 Å². The third-order valence-corrected chi connectivity index (χ3v) is 4.49. The highest BCUT2D eigenvalue weighted by Crippen LogP contribution is 2.30. The molecule has 1 fully saturated rings. The van der Waals surface area contributed by atoms with E-state index in [1.165, 1.54) is 11.1 Å². The molecule has 4 nitrogen and oxygen atoms in total. The Kier molecular flexibility index (Phi) is 3.55. The van der Waals surface area contributed by atoms with Crippen LogP contribution in [0.5, 0.6) is 0 Å². The smallest absolute Gasteiger partial charge is 0.123 e. The Morgan fingerprint density at radius 1 is 1.14 bits per heavy atom. The van der Waals surface area contributed by atoms with Gasteiger partial charge >= 0.3 is 0 Å². The molecule has 1 atom stereocenters. The molecule has 0 spiro atoms. The molecule has 2 aromatic carbocycles. The van der Waals surface area contributed by atoms with Crippen molar-refractivity contribution in [1.82, 2.24) is 4.90 Å². The molecule has 2 aromatic rings. The number of likely N-dealkylation sites (N-methyl/N-ethyl adjacent to an activating group) is 1. The number of nitrogens with zero attached hydrogens (tertiary/aromatic N) is 2. The topological polar surface area (TPSA) is 56.4 Å². The van der Waals surface area contributed by atoms with E-state index < -0.39 is 0 Å². The summed E-state index contributed by atoms with van der Waals surface area (Å²) in [6.07, 6.45) is 0. The molecule has 0 amide bonds. The summed E-state index contributed by atoms with van der Waals surface area (Å²) in [7, 11) is 2.18. The number of nitrogen functional groups attached to an aromatic ring is 1. The molecule has 1 aliphatic heterocycles. The van der Waals surface area contributed by atoms with Gasteiger partial charge in [-0.25, -0.2) is 0 Å². The number of rotatable bonds is 2. The van der Waals surface area contributed by atoms with E-state index in [0.29, 0.717) is 6.04 Å². The molecule has 3 rings (SSSR count). The zero-order chi connectivity index (χ0) is 15.0. The van der Waals surface area contributed by atoms with Gasteiger partial charge in [0.25, 0.3) is 0 Å². The van der Waals surface area contributed by atoms with Crippen LogP contribution < -0.4 is 10.6 Å². The Morgan fingerprint density at radius 2 is 1.86 bits per heavy atom. The summed E-state index contributed by atoms with van der Waals surface area (Å²) in [5, 5.41) is 9.99. The number of piperazine rings is 1. The maximum atomic E-state index is 7.75. The average molecular weight is 282 g/mol. The van der Waals surface area contributed by atoms with Crippen LogP contribution in [-0.4, -0.2) is 43.5 Å². The maximum absolute atomic E-state index is 7.75. The fourth-order valence-corrected chi connectivity index (χ4v) is 3.06. The SMILES string of the molecule is CC1CN(c2ccc(C(=N)N)c3ccccc23)CCN1C. The van der Waals surface area contributed by atoms with Gasteiger partial charge in [0.1, 0.15) is 5.84 Å². The Hall–Kier alpha value is -2.07. The summed E-state index contributed by atoms with van der Waals surface area (Å²) in [5.41, 5.74) is 7.77. The number of fused-ring (bicyclic) bond motifs is 1. The lowest BCUT2D eigenvalue weighted by atomic mass is 10.0. The Bertz CT molecular complexity index is 680. The zero-order valence-corrected chi connectivity index (χ0v) is 12.6. The molecule has 0 aliphatic carbocycles. The van der Waals surface area contributed by atoms with Gasteiger partial charge in [0.2, 0.25) is 0 Å². The first-order valence-electron chi connectivity index (χ1n) is 7.39. The lowest BCUT2D eigenvalue weighted by Gasteiger charge is -2.39. The van der Waals surface area contributed by atoms with Gasteiger partial charge in [-0.1, -0.05) is 24.3 Å². The number of hydrogen-bond donors (Lipinski definition) is 2. The van der Waals surface area contributed by atoms with Crippen LogP contribution in [0.4, 0.5) is 5.69 Å². The van der Waals surface area contributed by atoms with Gasteiger partial charge in [0.05, 0.1) is 0 Å². The molecule has 4 heteroatoms. The van der Waals surface area contributed by atoms with Crippen molar-refractivity contribution in [3.8, 4) is 0 Å². The molecule has 110 valence electrons. The van der Waals surface area contributed by atoms with E-state index in [1.54, 1.807) is 0 Å². The fraction of sp³-hybridized carbons (Fsp3) is 0.353. The second kappa shape index (κ2) is 5.37. The van der Waals surface area contributed by atoms with Crippen LogP contribution in [0, 0.1) is 5.41 Å². The highest BCUT2D eigenvalue weighted by atomic mass is 15.3. The van der Waals surface area contributed by atoms with Crippen molar-refractivity contribution in [2.45, 2.75) is 13.0 Å². The average Bonchev–Trinajstić information content (AvgIpc) is 2.49. The van der Waals surface area contributed by atoms with E-state index in [9.17, 15) is 0 Å². The second-order valence-electron chi connectivity index (χ2n) is 5.87. The Balaban J connectivity index is 2.08. The maximum Gasteiger partial charge on any atom is 0.123 e. The number of amidine groups is 1. The van der Waals surface area contributed by atoms with Crippen molar-refractivity contribution < 1.29 is 0 Å². The van der Waals surface area contributed by atoms with Gasteiger partial charge in [-0.05, 0) is 31.5 Å². The van der Waals surface area contributed by atoms with Crippen LogP contribution >= 0.6 is 0 Å². The van der Waals surface area contributed by atoms with Crippen LogP contribution in [-0.2, 0) is 0 Å². The molecule has 0 aromatic heterocycles. The Morgan fingerprint density at radius 3 is 2.52 bits per heavy atom. The first-order valence-corrected chi connectivity index (χ1v) is 7.39. The quantitative estimate of drug-likeness (QED) is 0.656. The van der Waals surface area contributed by atoms with Crippen molar-refractivity contribution in [1.29, 1.82) is 5.41 Å². The monoisotopic (exact) mass is 282 g/mol. The van der Waals surface area contributed by atoms with Gasteiger partial charge < -0.3 is 15.5 Å².